The van der Waals surface area contributed by atoms with Crippen molar-refractivity contribution in [3.63, 3.8) is 0 Å². The Bertz CT molecular complexity index is 335. The second-order valence-electron chi connectivity index (χ2n) is 3.91. The zero-order valence-corrected chi connectivity index (χ0v) is 11.2. The zero-order chi connectivity index (χ0) is 12.7. The molecule has 0 aliphatic heterocycles. The monoisotopic (exact) mass is 257 g/mol. The summed E-state index contributed by atoms with van der Waals surface area (Å²) in [4.78, 5) is 0. The van der Waals surface area contributed by atoms with Gasteiger partial charge in [0.05, 0.1) is 6.61 Å². The van der Waals surface area contributed by atoms with Gasteiger partial charge in [-0.2, -0.15) is 0 Å². The first-order valence-electron chi connectivity index (χ1n) is 5.80. The van der Waals surface area contributed by atoms with E-state index < -0.39 is 0 Å². The highest BCUT2D eigenvalue weighted by Crippen LogP contribution is 2.32. The van der Waals surface area contributed by atoms with Crippen LogP contribution in [-0.4, -0.2) is 25.5 Å². The molecule has 0 bridgehead atoms. The lowest BCUT2D eigenvalue weighted by molar-refractivity contribution is 0.218. The summed E-state index contributed by atoms with van der Waals surface area (Å²) in [5.74, 6) is 0.661. The van der Waals surface area contributed by atoms with Crippen molar-refractivity contribution in [1.82, 2.24) is 0 Å². The number of methoxy groups -OCH3 is 1. The van der Waals surface area contributed by atoms with Gasteiger partial charge in [-0.1, -0.05) is 19.1 Å². The molecule has 0 saturated heterocycles. The lowest BCUT2D eigenvalue weighted by Gasteiger charge is -2.23. The topological polar surface area (TPSA) is 35.2 Å². The van der Waals surface area contributed by atoms with Gasteiger partial charge >= 0.3 is 0 Å². The van der Waals surface area contributed by atoms with Crippen molar-refractivity contribution in [2.24, 2.45) is 5.73 Å². The fraction of sp³-hybridized carbons (Fsp3) is 0.538. The van der Waals surface area contributed by atoms with Gasteiger partial charge in [-0.05, 0) is 24.1 Å². The molecule has 0 amide bonds. The summed E-state index contributed by atoms with van der Waals surface area (Å²) in [7, 11) is 1.68. The number of ether oxygens (including phenoxy) is 1. The van der Waals surface area contributed by atoms with Crippen molar-refractivity contribution >= 4 is 11.8 Å². The summed E-state index contributed by atoms with van der Waals surface area (Å²) < 4.78 is 18.2. The molecule has 0 aliphatic carbocycles. The number of hydrogen-bond acceptors (Lipinski definition) is 3. The first-order valence-corrected chi connectivity index (χ1v) is 6.85. The molecule has 96 valence electrons. The standard InChI is InChI=1S/C13H20FNOS/c1-3-12(15)13(17-8-7-16-2)10-5-4-6-11(14)9-10/h4-6,9,12-13H,3,7-8,15H2,1-2H3. The van der Waals surface area contributed by atoms with Gasteiger partial charge in [0.1, 0.15) is 5.82 Å². The van der Waals surface area contributed by atoms with Crippen LogP contribution in [0.2, 0.25) is 0 Å². The molecule has 2 N–H and O–H groups in total. The first-order chi connectivity index (χ1) is 8.19. The van der Waals surface area contributed by atoms with E-state index in [2.05, 4.69) is 0 Å². The summed E-state index contributed by atoms with van der Waals surface area (Å²) in [6, 6.07) is 6.73. The zero-order valence-electron chi connectivity index (χ0n) is 10.4. The van der Waals surface area contributed by atoms with E-state index in [0.29, 0.717) is 6.61 Å². The van der Waals surface area contributed by atoms with E-state index in [1.807, 2.05) is 13.0 Å². The molecule has 0 radical (unpaired) electrons. The summed E-state index contributed by atoms with van der Waals surface area (Å²) in [6.07, 6.45) is 0.876. The minimum absolute atomic E-state index is 0.0404. The Morgan fingerprint density at radius 1 is 1.47 bits per heavy atom. The van der Waals surface area contributed by atoms with Crippen LogP contribution in [0.1, 0.15) is 24.2 Å². The van der Waals surface area contributed by atoms with E-state index >= 15 is 0 Å². The molecule has 0 fully saturated rings. The van der Waals surface area contributed by atoms with E-state index in [1.165, 1.54) is 6.07 Å². The second kappa shape index (κ2) is 7.69. The smallest absolute Gasteiger partial charge is 0.123 e. The van der Waals surface area contributed by atoms with Gasteiger partial charge < -0.3 is 10.5 Å². The number of hydrogen-bond donors (Lipinski definition) is 1. The normalized spacial score (nSPS) is 14.6. The van der Waals surface area contributed by atoms with Gasteiger partial charge in [0, 0.05) is 24.2 Å². The van der Waals surface area contributed by atoms with Gasteiger partial charge in [-0.25, -0.2) is 4.39 Å². The van der Waals surface area contributed by atoms with Crippen molar-refractivity contribution in [2.75, 3.05) is 19.5 Å². The van der Waals surface area contributed by atoms with Crippen LogP contribution in [0.25, 0.3) is 0 Å². The highest BCUT2D eigenvalue weighted by Gasteiger charge is 2.19. The molecule has 0 aliphatic rings. The highest BCUT2D eigenvalue weighted by atomic mass is 32.2. The number of halogens is 1. The quantitative estimate of drug-likeness (QED) is 0.763. The number of nitrogens with two attached hydrogens (primary N) is 1. The third-order valence-corrected chi connectivity index (χ3v) is 4.01. The van der Waals surface area contributed by atoms with E-state index in [9.17, 15) is 4.39 Å². The fourth-order valence-corrected chi connectivity index (χ4v) is 2.92. The van der Waals surface area contributed by atoms with Crippen LogP contribution in [0, 0.1) is 5.82 Å². The molecule has 0 saturated carbocycles. The van der Waals surface area contributed by atoms with Gasteiger partial charge in [-0.3, -0.25) is 0 Å². The fourth-order valence-electron chi connectivity index (χ4n) is 1.62. The van der Waals surface area contributed by atoms with Crippen molar-refractivity contribution in [3.05, 3.63) is 35.6 Å². The Kier molecular flexibility index (Phi) is 6.55. The second-order valence-corrected chi connectivity index (χ2v) is 5.16. The maximum absolute atomic E-state index is 13.2. The number of benzene rings is 1. The molecule has 1 rings (SSSR count). The summed E-state index contributed by atoms with van der Waals surface area (Å²) >= 11 is 1.72. The summed E-state index contributed by atoms with van der Waals surface area (Å²) in [5, 5.41) is 0.130. The Hall–Kier alpha value is -0.580. The molecule has 2 unspecified atom stereocenters. The lowest BCUT2D eigenvalue weighted by atomic mass is 10.0. The molecule has 0 spiro atoms. The van der Waals surface area contributed by atoms with Crippen LogP contribution < -0.4 is 5.73 Å². The van der Waals surface area contributed by atoms with E-state index in [0.717, 1.165) is 17.7 Å². The SMILES string of the molecule is CCC(N)C(SCCOC)c1cccc(F)c1. The van der Waals surface area contributed by atoms with Crippen LogP contribution in [0.5, 0.6) is 0 Å². The number of rotatable bonds is 7. The Morgan fingerprint density at radius 3 is 2.82 bits per heavy atom. The van der Waals surface area contributed by atoms with Crippen LogP contribution in [-0.2, 0) is 4.74 Å². The third kappa shape index (κ3) is 4.66. The van der Waals surface area contributed by atoms with Crippen LogP contribution in [0.4, 0.5) is 4.39 Å². The molecule has 2 nitrogen and oxygen atoms in total. The van der Waals surface area contributed by atoms with Crippen LogP contribution >= 0.6 is 11.8 Å². The van der Waals surface area contributed by atoms with Gasteiger partial charge in [0.25, 0.3) is 0 Å². The van der Waals surface area contributed by atoms with E-state index in [4.69, 9.17) is 10.5 Å². The van der Waals surface area contributed by atoms with Gasteiger partial charge in [0.15, 0.2) is 0 Å². The molecule has 0 heterocycles. The van der Waals surface area contributed by atoms with Crippen molar-refractivity contribution < 1.29 is 9.13 Å². The minimum atomic E-state index is -0.205. The van der Waals surface area contributed by atoms with Crippen LogP contribution in [0.15, 0.2) is 24.3 Å². The van der Waals surface area contributed by atoms with E-state index in [-0.39, 0.29) is 17.1 Å². The number of thioether (sulfide) groups is 1. The van der Waals surface area contributed by atoms with Crippen molar-refractivity contribution in [3.8, 4) is 0 Å². The average Bonchev–Trinajstić information content (AvgIpc) is 2.34. The molecule has 2 atom stereocenters. The third-order valence-electron chi connectivity index (χ3n) is 2.62. The maximum atomic E-state index is 13.2. The summed E-state index contributed by atoms with van der Waals surface area (Å²) in [5.41, 5.74) is 7.06. The molecule has 1 aromatic carbocycles. The molecule has 17 heavy (non-hydrogen) atoms. The predicted molar refractivity (Wildman–Crippen MR) is 71.7 cm³/mol. The van der Waals surface area contributed by atoms with E-state index in [1.54, 1.807) is 31.0 Å². The largest absolute Gasteiger partial charge is 0.384 e. The Balaban J connectivity index is 2.74. The maximum Gasteiger partial charge on any atom is 0.123 e. The Labute approximate surface area is 107 Å². The van der Waals surface area contributed by atoms with Gasteiger partial charge in [0.2, 0.25) is 0 Å². The molecule has 4 heteroatoms. The average molecular weight is 257 g/mol. The minimum Gasteiger partial charge on any atom is -0.384 e. The van der Waals surface area contributed by atoms with Gasteiger partial charge in [-0.15, -0.1) is 11.8 Å². The molecular weight excluding hydrogens is 237 g/mol. The first kappa shape index (κ1) is 14.5. The van der Waals surface area contributed by atoms with Crippen LogP contribution in [0.3, 0.4) is 0 Å². The highest BCUT2D eigenvalue weighted by molar-refractivity contribution is 7.99. The molecule has 0 aromatic heterocycles. The van der Waals surface area contributed by atoms with Crippen molar-refractivity contribution in [2.45, 2.75) is 24.6 Å². The molecular formula is C13H20FNOS. The predicted octanol–water partition coefficient (Wildman–Crippen LogP) is 2.98. The van der Waals surface area contributed by atoms with Crippen molar-refractivity contribution in [1.29, 1.82) is 0 Å². The summed E-state index contributed by atoms with van der Waals surface area (Å²) in [6.45, 7) is 2.74. The lowest BCUT2D eigenvalue weighted by Crippen LogP contribution is -2.26. The Morgan fingerprint density at radius 2 is 2.24 bits per heavy atom. The molecule has 1 aromatic rings.